The summed E-state index contributed by atoms with van der Waals surface area (Å²) in [5.41, 5.74) is 6.12. The van der Waals surface area contributed by atoms with E-state index in [1.807, 2.05) is 0 Å². The van der Waals surface area contributed by atoms with Crippen LogP contribution in [0.15, 0.2) is 29.3 Å². The Morgan fingerprint density at radius 3 is 2.91 bits per heavy atom. The molecule has 1 saturated heterocycles. The molecule has 2 atom stereocenters. The minimum Gasteiger partial charge on any atom is -0.390 e. The number of aliphatic imine (C=N–C) groups is 1. The second kappa shape index (κ2) is 6.39. The molecule has 1 fully saturated rings. The Morgan fingerprint density at radius 2 is 2.00 bits per heavy atom. The molecule has 1 aromatic rings. The van der Waals surface area contributed by atoms with Gasteiger partial charge in [0.1, 0.15) is 6.17 Å². The van der Waals surface area contributed by atoms with Crippen LogP contribution in [-0.2, 0) is 11.3 Å². The standard InChI is InChI=1S/C18H25N3O/c1-4-11-21(12-5-1)13-17-19-18(20-22-17)16-10-6-8-14-7-2-3-9-15(14)16/h2-3,7,9,16,18,20H,1,4-6,8,10-13H2. The van der Waals surface area contributed by atoms with Crippen molar-refractivity contribution in [2.24, 2.45) is 4.99 Å². The van der Waals surface area contributed by atoms with E-state index in [0.717, 1.165) is 12.4 Å². The molecule has 0 aromatic heterocycles. The van der Waals surface area contributed by atoms with Crippen LogP contribution in [0.4, 0.5) is 0 Å². The number of piperidine rings is 1. The number of aryl methyl sites for hydroxylation is 1. The van der Waals surface area contributed by atoms with E-state index in [-0.39, 0.29) is 6.17 Å². The number of hydroxylamine groups is 1. The topological polar surface area (TPSA) is 36.9 Å². The van der Waals surface area contributed by atoms with Crippen LogP contribution in [0.25, 0.3) is 0 Å². The SMILES string of the molecule is c1ccc2c(c1)CCCC2C1N=C(CN2CCCCC2)ON1. The summed E-state index contributed by atoms with van der Waals surface area (Å²) in [6.07, 6.45) is 7.70. The molecule has 1 aliphatic carbocycles. The third-order valence-corrected chi connectivity index (χ3v) is 5.19. The second-order valence-electron chi connectivity index (χ2n) is 6.72. The normalized spacial score (nSPS) is 28.8. The van der Waals surface area contributed by atoms with Crippen LogP contribution in [-0.4, -0.2) is 36.6 Å². The Kier molecular flexibility index (Phi) is 4.13. The van der Waals surface area contributed by atoms with Crippen LogP contribution in [0, 0.1) is 0 Å². The van der Waals surface area contributed by atoms with Crippen LogP contribution in [0.3, 0.4) is 0 Å². The van der Waals surface area contributed by atoms with Gasteiger partial charge in [0.05, 0.1) is 6.54 Å². The molecule has 0 spiro atoms. The summed E-state index contributed by atoms with van der Waals surface area (Å²) in [6, 6.07) is 8.81. The van der Waals surface area contributed by atoms with Crippen LogP contribution in [0.5, 0.6) is 0 Å². The number of benzene rings is 1. The third-order valence-electron chi connectivity index (χ3n) is 5.19. The van der Waals surface area contributed by atoms with E-state index in [4.69, 9.17) is 9.83 Å². The van der Waals surface area contributed by atoms with Crippen molar-refractivity contribution in [3.05, 3.63) is 35.4 Å². The lowest BCUT2D eigenvalue weighted by Gasteiger charge is -2.27. The smallest absolute Gasteiger partial charge is 0.225 e. The fourth-order valence-corrected chi connectivity index (χ4v) is 4.01. The van der Waals surface area contributed by atoms with E-state index in [1.165, 1.54) is 62.7 Å². The summed E-state index contributed by atoms with van der Waals surface area (Å²) in [5.74, 6) is 1.32. The van der Waals surface area contributed by atoms with Gasteiger partial charge in [-0.25, -0.2) is 4.99 Å². The molecule has 2 unspecified atom stereocenters. The van der Waals surface area contributed by atoms with Crippen molar-refractivity contribution >= 4 is 5.90 Å². The minimum absolute atomic E-state index is 0.0845. The zero-order valence-corrected chi connectivity index (χ0v) is 13.1. The fourth-order valence-electron chi connectivity index (χ4n) is 4.01. The molecule has 0 radical (unpaired) electrons. The van der Waals surface area contributed by atoms with Gasteiger partial charge in [-0.3, -0.25) is 4.90 Å². The van der Waals surface area contributed by atoms with Crippen molar-refractivity contribution in [3.8, 4) is 0 Å². The summed E-state index contributed by atoms with van der Waals surface area (Å²) in [7, 11) is 0. The largest absolute Gasteiger partial charge is 0.390 e. The molecule has 0 saturated carbocycles. The van der Waals surface area contributed by atoms with E-state index in [0.29, 0.717) is 5.92 Å². The highest BCUT2D eigenvalue weighted by atomic mass is 16.7. The maximum Gasteiger partial charge on any atom is 0.225 e. The summed E-state index contributed by atoms with van der Waals surface area (Å²) in [6.45, 7) is 3.22. The molecule has 3 aliphatic rings. The molecule has 118 valence electrons. The Hall–Kier alpha value is -1.39. The quantitative estimate of drug-likeness (QED) is 0.932. The van der Waals surface area contributed by atoms with Crippen LogP contribution in [0.2, 0.25) is 0 Å². The fraction of sp³-hybridized carbons (Fsp3) is 0.611. The molecule has 1 N–H and O–H groups in total. The zero-order valence-electron chi connectivity index (χ0n) is 13.1. The highest BCUT2D eigenvalue weighted by Crippen LogP contribution is 2.35. The highest BCUT2D eigenvalue weighted by molar-refractivity contribution is 5.79. The molecule has 4 nitrogen and oxygen atoms in total. The first-order valence-electron chi connectivity index (χ1n) is 8.69. The second-order valence-corrected chi connectivity index (χ2v) is 6.72. The zero-order chi connectivity index (χ0) is 14.8. The average Bonchev–Trinajstić information content (AvgIpc) is 3.03. The number of likely N-dealkylation sites (tertiary alicyclic amines) is 1. The Labute approximate surface area is 132 Å². The molecule has 22 heavy (non-hydrogen) atoms. The summed E-state index contributed by atoms with van der Waals surface area (Å²) >= 11 is 0. The van der Waals surface area contributed by atoms with Gasteiger partial charge in [0.15, 0.2) is 0 Å². The Balaban J connectivity index is 1.46. The third kappa shape index (κ3) is 2.90. The Bertz CT molecular complexity index is 551. The van der Waals surface area contributed by atoms with Gasteiger partial charge >= 0.3 is 0 Å². The van der Waals surface area contributed by atoms with E-state index < -0.39 is 0 Å². The summed E-state index contributed by atoms with van der Waals surface area (Å²) in [5, 5.41) is 0. The molecular weight excluding hydrogens is 274 g/mol. The van der Waals surface area contributed by atoms with Gasteiger partial charge in [-0.05, 0) is 56.3 Å². The van der Waals surface area contributed by atoms with Gasteiger partial charge < -0.3 is 4.84 Å². The first-order chi connectivity index (χ1) is 10.9. The number of hydrogen-bond acceptors (Lipinski definition) is 4. The van der Waals surface area contributed by atoms with Crippen LogP contribution < -0.4 is 5.48 Å². The van der Waals surface area contributed by atoms with Crippen molar-refractivity contribution in [2.75, 3.05) is 19.6 Å². The molecule has 0 bridgehead atoms. The number of rotatable bonds is 3. The lowest BCUT2D eigenvalue weighted by molar-refractivity contribution is 0.148. The van der Waals surface area contributed by atoms with E-state index in [2.05, 4.69) is 34.6 Å². The van der Waals surface area contributed by atoms with Crippen molar-refractivity contribution in [1.82, 2.24) is 10.4 Å². The summed E-state index contributed by atoms with van der Waals surface area (Å²) < 4.78 is 0. The average molecular weight is 299 g/mol. The molecular formula is C18H25N3O. The molecule has 1 aromatic carbocycles. The van der Waals surface area contributed by atoms with Crippen molar-refractivity contribution < 1.29 is 4.84 Å². The predicted molar refractivity (Wildman–Crippen MR) is 87.9 cm³/mol. The maximum atomic E-state index is 5.69. The predicted octanol–water partition coefficient (Wildman–Crippen LogP) is 2.85. The van der Waals surface area contributed by atoms with Crippen molar-refractivity contribution in [2.45, 2.75) is 50.6 Å². The van der Waals surface area contributed by atoms with E-state index in [1.54, 1.807) is 0 Å². The van der Waals surface area contributed by atoms with Gasteiger partial charge in [-0.1, -0.05) is 30.7 Å². The molecule has 4 heteroatoms. The van der Waals surface area contributed by atoms with Gasteiger partial charge in [0, 0.05) is 5.92 Å². The van der Waals surface area contributed by atoms with E-state index in [9.17, 15) is 0 Å². The van der Waals surface area contributed by atoms with Crippen LogP contribution >= 0.6 is 0 Å². The van der Waals surface area contributed by atoms with Gasteiger partial charge in [-0.15, -0.1) is 5.48 Å². The van der Waals surface area contributed by atoms with Gasteiger partial charge in [0.2, 0.25) is 5.90 Å². The highest BCUT2D eigenvalue weighted by Gasteiger charge is 2.32. The van der Waals surface area contributed by atoms with Gasteiger partial charge in [-0.2, -0.15) is 0 Å². The van der Waals surface area contributed by atoms with Crippen molar-refractivity contribution in [1.29, 1.82) is 0 Å². The molecule has 4 rings (SSSR count). The minimum atomic E-state index is 0.0845. The Morgan fingerprint density at radius 1 is 1.14 bits per heavy atom. The number of hydrogen-bond donors (Lipinski definition) is 1. The van der Waals surface area contributed by atoms with Crippen LogP contribution in [0.1, 0.15) is 49.1 Å². The lowest BCUT2D eigenvalue weighted by atomic mass is 9.81. The van der Waals surface area contributed by atoms with E-state index >= 15 is 0 Å². The first kappa shape index (κ1) is 14.2. The number of fused-ring (bicyclic) bond motifs is 1. The lowest BCUT2D eigenvalue weighted by Crippen LogP contribution is -2.35. The maximum absolute atomic E-state index is 5.69. The molecule has 0 amide bonds. The van der Waals surface area contributed by atoms with Crippen molar-refractivity contribution in [3.63, 3.8) is 0 Å². The molecule has 2 heterocycles. The number of nitrogens with one attached hydrogen (secondary N) is 1. The first-order valence-corrected chi connectivity index (χ1v) is 8.69. The van der Waals surface area contributed by atoms with Gasteiger partial charge in [0.25, 0.3) is 0 Å². The summed E-state index contributed by atoms with van der Waals surface area (Å²) in [4.78, 5) is 13.0. The molecule has 2 aliphatic heterocycles. The monoisotopic (exact) mass is 299 g/mol. The number of nitrogens with zero attached hydrogens (tertiary/aromatic N) is 2.